The molecule has 1 aliphatic rings. The molecule has 3 rings (SSSR count). The van der Waals surface area contributed by atoms with Crippen molar-refractivity contribution in [2.24, 2.45) is 0 Å². The summed E-state index contributed by atoms with van der Waals surface area (Å²) in [5.74, 6) is -0.151. The molecule has 0 radical (unpaired) electrons. The quantitative estimate of drug-likeness (QED) is 0.774. The number of rotatable bonds is 4. The Kier molecular flexibility index (Phi) is 6.30. The summed E-state index contributed by atoms with van der Waals surface area (Å²) in [6.45, 7) is 5.17. The van der Waals surface area contributed by atoms with Gasteiger partial charge in [-0.25, -0.2) is 8.42 Å². The van der Waals surface area contributed by atoms with Crippen LogP contribution in [-0.2, 0) is 10.0 Å². The van der Waals surface area contributed by atoms with Gasteiger partial charge in [0.25, 0.3) is 15.9 Å². The highest BCUT2D eigenvalue weighted by Crippen LogP contribution is 2.28. The first-order valence-corrected chi connectivity index (χ1v) is 11.3. The van der Waals surface area contributed by atoms with Crippen LogP contribution in [0.4, 0.5) is 5.69 Å². The van der Waals surface area contributed by atoms with Crippen molar-refractivity contribution < 1.29 is 13.2 Å². The molecular formula is C21H25ClN2O3S. The highest BCUT2D eigenvalue weighted by atomic mass is 35.5. The fourth-order valence-electron chi connectivity index (χ4n) is 3.36. The maximum atomic E-state index is 13.0. The van der Waals surface area contributed by atoms with Crippen molar-refractivity contribution in [3.63, 3.8) is 0 Å². The smallest absolute Gasteiger partial charge is 0.263 e. The molecule has 0 spiro atoms. The first-order valence-electron chi connectivity index (χ1n) is 9.47. The molecule has 1 aliphatic heterocycles. The molecule has 2 aromatic carbocycles. The van der Waals surface area contributed by atoms with Crippen LogP contribution in [0.1, 0.15) is 47.2 Å². The van der Waals surface area contributed by atoms with Gasteiger partial charge in [0.2, 0.25) is 0 Å². The Bertz CT molecular complexity index is 981. The van der Waals surface area contributed by atoms with Crippen LogP contribution in [0.3, 0.4) is 0 Å². The van der Waals surface area contributed by atoms with Crippen LogP contribution in [0, 0.1) is 13.8 Å². The summed E-state index contributed by atoms with van der Waals surface area (Å²) in [6, 6.07) is 9.86. The van der Waals surface area contributed by atoms with Crippen LogP contribution in [0.15, 0.2) is 41.3 Å². The normalized spacial score (nSPS) is 15.2. The molecule has 0 saturated carbocycles. The number of hydrogen-bond donors (Lipinski definition) is 1. The van der Waals surface area contributed by atoms with Gasteiger partial charge < -0.3 is 4.90 Å². The van der Waals surface area contributed by atoms with E-state index in [1.54, 1.807) is 23.1 Å². The van der Waals surface area contributed by atoms with Gasteiger partial charge in [0.1, 0.15) is 4.90 Å². The number of carbonyl (C=O) groups is 1. The van der Waals surface area contributed by atoms with Gasteiger partial charge in [-0.1, -0.05) is 36.6 Å². The van der Waals surface area contributed by atoms with E-state index < -0.39 is 10.0 Å². The molecule has 1 N–H and O–H groups in total. The van der Waals surface area contributed by atoms with Crippen molar-refractivity contribution in [1.29, 1.82) is 0 Å². The summed E-state index contributed by atoms with van der Waals surface area (Å²) in [6.07, 6.45) is 4.17. The molecule has 0 aliphatic carbocycles. The first kappa shape index (κ1) is 20.7. The van der Waals surface area contributed by atoms with E-state index in [0.29, 0.717) is 24.3 Å². The van der Waals surface area contributed by atoms with Gasteiger partial charge in [0.05, 0.1) is 10.7 Å². The summed E-state index contributed by atoms with van der Waals surface area (Å²) in [7, 11) is -3.93. The van der Waals surface area contributed by atoms with E-state index in [0.717, 1.165) is 36.8 Å². The van der Waals surface area contributed by atoms with E-state index >= 15 is 0 Å². The Balaban J connectivity index is 1.91. The second-order valence-electron chi connectivity index (χ2n) is 7.20. The van der Waals surface area contributed by atoms with Crippen LogP contribution in [0.25, 0.3) is 0 Å². The standard InChI is InChI=1S/C21H25ClN2O3S/c1-15-8-7-9-19(16(15)2)23-28(26,27)20-14-17(10-11-18(20)22)21(25)24-12-5-3-4-6-13-24/h7-11,14,23H,3-6,12-13H2,1-2H3. The molecule has 5 nitrogen and oxygen atoms in total. The van der Waals surface area contributed by atoms with Crippen LogP contribution in [0.2, 0.25) is 5.02 Å². The summed E-state index contributed by atoms with van der Waals surface area (Å²) >= 11 is 6.19. The maximum absolute atomic E-state index is 13.0. The number of nitrogens with one attached hydrogen (secondary N) is 1. The summed E-state index contributed by atoms with van der Waals surface area (Å²) in [4.78, 5) is 14.6. The number of carbonyl (C=O) groups excluding carboxylic acids is 1. The van der Waals surface area contributed by atoms with E-state index in [1.165, 1.54) is 12.1 Å². The highest BCUT2D eigenvalue weighted by Gasteiger charge is 2.23. The number of amides is 1. The zero-order chi connectivity index (χ0) is 20.3. The average molecular weight is 421 g/mol. The largest absolute Gasteiger partial charge is 0.339 e. The minimum Gasteiger partial charge on any atom is -0.339 e. The molecular weight excluding hydrogens is 396 g/mol. The van der Waals surface area contributed by atoms with Gasteiger partial charge in [-0.05, 0) is 62.1 Å². The fraction of sp³-hybridized carbons (Fsp3) is 0.381. The van der Waals surface area contributed by atoms with Crippen molar-refractivity contribution in [1.82, 2.24) is 4.90 Å². The lowest BCUT2D eigenvalue weighted by atomic mass is 10.1. The highest BCUT2D eigenvalue weighted by molar-refractivity contribution is 7.92. The number of anilines is 1. The Morgan fingerprint density at radius 3 is 2.39 bits per heavy atom. The molecule has 150 valence electrons. The molecule has 0 atom stereocenters. The summed E-state index contributed by atoms with van der Waals surface area (Å²) < 4.78 is 28.5. The molecule has 28 heavy (non-hydrogen) atoms. The SMILES string of the molecule is Cc1cccc(NS(=O)(=O)c2cc(C(=O)N3CCCCCC3)ccc2Cl)c1C. The molecule has 2 aromatic rings. The zero-order valence-electron chi connectivity index (χ0n) is 16.2. The van der Waals surface area contributed by atoms with Crippen molar-refractivity contribution >= 4 is 33.2 Å². The lowest BCUT2D eigenvalue weighted by Crippen LogP contribution is -2.32. The minimum atomic E-state index is -3.93. The molecule has 0 bridgehead atoms. The number of aryl methyl sites for hydroxylation is 1. The monoisotopic (exact) mass is 420 g/mol. The molecule has 7 heteroatoms. The Morgan fingerprint density at radius 2 is 1.71 bits per heavy atom. The van der Waals surface area contributed by atoms with Gasteiger partial charge in [-0.2, -0.15) is 0 Å². The lowest BCUT2D eigenvalue weighted by Gasteiger charge is -2.21. The molecule has 0 aromatic heterocycles. The van der Waals surface area contributed by atoms with Crippen molar-refractivity contribution in [3.8, 4) is 0 Å². The number of sulfonamides is 1. The Morgan fingerprint density at radius 1 is 1.04 bits per heavy atom. The van der Waals surface area contributed by atoms with Gasteiger partial charge in [-0.3, -0.25) is 9.52 Å². The third-order valence-corrected chi connectivity index (χ3v) is 7.06. The van der Waals surface area contributed by atoms with Crippen molar-refractivity contribution in [2.75, 3.05) is 17.8 Å². The topological polar surface area (TPSA) is 66.5 Å². The Labute approximate surface area is 171 Å². The predicted molar refractivity (Wildman–Crippen MR) is 113 cm³/mol. The maximum Gasteiger partial charge on any atom is 0.263 e. The van der Waals surface area contributed by atoms with E-state index in [4.69, 9.17) is 11.6 Å². The van der Waals surface area contributed by atoms with E-state index in [1.807, 2.05) is 19.9 Å². The number of likely N-dealkylation sites (tertiary alicyclic amines) is 1. The lowest BCUT2D eigenvalue weighted by molar-refractivity contribution is 0.0761. The van der Waals surface area contributed by atoms with Gasteiger partial charge in [0.15, 0.2) is 0 Å². The van der Waals surface area contributed by atoms with Crippen LogP contribution < -0.4 is 4.72 Å². The summed E-state index contributed by atoms with van der Waals surface area (Å²) in [5.41, 5.74) is 2.67. The average Bonchev–Trinajstić information content (AvgIpc) is 2.94. The van der Waals surface area contributed by atoms with E-state index in [2.05, 4.69) is 4.72 Å². The Hall–Kier alpha value is -2.05. The minimum absolute atomic E-state index is 0.0873. The van der Waals surface area contributed by atoms with Crippen molar-refractivity contribution in [3.05, 3.63) is 58.1 Å². The summed E-state index contributed by atoms with van der Waals surface area (Å²) in [5, 5.41) is 0.0882. The van der Waals surface area contributed by atoms with Crippen molar-refractivity contribution in [2.45, 2.75) is 44.4 Å². The third-order valence-electron chi connectivity index (χ3n) is 5.21. The first-order chi connectivity index (χ1) is 13.3. The number of benzene rings is 2. The number of halogens is 1. The third kappa shape index (κ3) is 4.50. The predicted octanol–water partition coefficient (Wildman–Crippen LogP) is 4.77. The van der Waals surface area contributed by atoms with Crippen LogP contribution in [0.5, 0.6) is 0 Å². The second kappa shape index (κ2) is 8.53. The molecule has 1 amide bonds. The fourth-order valence-corrected chi connectivity index (χ4v) is 5.01. The van der Waals surface area contributed by atoms with E-state index in [9.17, 15) is 13.2 Å². The molecule has 1 fully saturated rings. The number of hydrogen-bond acceptors (Lipinski definition) is 3. The molecule has 0 unspecified atom stereocenters. The second-order valence-corrected chi connectivity index (χ2v) is 9.26. The molecule has 1 heterocycles. The van der Waals surface area contributed by atoms with Gasteiger partial charge in [-0.15, -0.1) is 0 Å². The zero-order valence-corrected chi connectivity index (χ0v) is 17.7. The van der Waals surface area contributed by atoms with Gasteiger partial charge in [0, 0.05) is 18.7 Å². The van der Waals surface area contributed by atoms with Crippen LogP contribution in [-0.4, -0.2) is 32.3 Å². The number of nitrogens with zero attached hydrogens (tertiary/aromatic N) is 1. The van der Waals surface area contributed by atoms with E-state index in [-0.39, 0.29) is 15.8 Å². The van der Waals surface area contributed by atoms with Crippen LogP contribution >= 0.6 is 11.6 Å². The van der Waals surface area contributed by atoms with Gasteiger partial charge >= 0.3 is 0 Å². The molecule has 1 saturated heterocycles.